The minimum Gasteiger partial charge on any atom is -0.289 e. The molecule has 0 aromatic heterocycles. The average molecular weight is 661 g/mol. The van der Waals surface area contributed by atoms with Crippen LogP contribution in [0.3, 0.4) is 0 Å². The van der Waals surface area contributed by atoms with Crippen LogP contribution in [0.15, 0.2) is 164 Å². The first kappa shape index (κ1) is 33.1. The van der Waals surface area contributed by atoms with E-state index in [0.29, 0.717) is 33.4 Å². The molecule has 0 saturated carbocycles. The molecule has 0 saturated heterocycles. The Balaban J connectivity index is 1.80. The van der Waals surface area contributed by atoms with Crippen molar-refractivity contribution in [3.8, 4) is 33.4 Å². The third kappa shape index (κ3) is 6.15. The van der Waals surface area contributed by atoms with Crippen molar-refractivity contribution >= 4 is 17.3 Å². The van der Waals surface area contributed by atoms with Crippen LogP contribution in [-0.4, -0.2) is 17.3 Å². The summed E-state index contributed by atoms with van der Waals surface area (Å²) < 4.78 is 0. The van der Waals surface area contributed by atoms with Crippen molar-refractivity contribution in [2.24, 2.45) is 0 Å². The van der Waals surface area contributed by atoms with Crippen LogP contribution < -0.4 is 0 Å². The second-order valence-corrected chi connectivity index (χ2v) is 12.8. The summed E-state index contributed by atoms with van der Waals surface area (Å²) in [7, 11) is 0. The summed E-state index contributed by atoms with van der Waals surface area (Å²) >= 11 is 0. The van der Waals surface area contributed by atoms with E-state index in [1.165, 1.54) is 0 Å². The van der Waals surface area contributed by atoms with Crippen LogP contribution in [0.4, 0.5) is 0 Å². The number of hydrogen-bond acceptors (Lipinski definition) is 3. The molecule has 0 unspecified atom stereocenters. The van der Waals surface area contributed by atoms with Crippen LogP contribution >= 0.6 is 0 Å². The lowest BCUT2D eigenvalue weighted by Gasteiger charge is -2.27. The van der Waals surface area contributed by atoms with Crippen molar-refractivity contribution in [1.29, 1.82) is 0 Å². The second-order valence-electron chi connectivity index (χ2n) is 12.8. The Morgan fingerprint density at radius 3 is 0.863 bits per heavy atom. The monoisotopic (exact) mass is 660 g/mol. The summed E-state index contributed by atoms with van der Waals surface area (Å²) in [5.74, 6) is -1.02. The van der Waals surface area contributed by atoms with E-state index >= 15 is 14.4 Å². The predicted octanol–water partition coefficient (Wildman–Crippen LogP) is 11.3. The average Bonchev–Trinajstić information content (AvgIpc) is 3.17. The number of ketones is 3. The van der Waals surface area contributed by atoms with Crippen molar-refractivity contribution in [3.05, 3.63) is 214 Å². The SMILES string of the molecule is Cc1ccccc1C(=O)c1c(C(=O)c2ccccc2C)c(-c2ccccc2)c(-c2ccccc2)c(-c2ccccc2)c1C(=O)c1ccccc1C. The first-order valence-corrected chi connectivity index (χ1v) is 17.1. The Kier molecular flexibility index (Phi) is 9.20. The van der Waals surface area contributed by atoms with Gasteiger partial charge >= 0.3 is 0 Å². The van der Waals surface area contributed by atoms with Gasteiger partial charge in [0.2, 0.25) is 0 Å². The van der Waals surface area contributed by atoms with Crippen molar-refractivity contribution in [1.82, 2.24) is 0 Å². The zero-order valence-electron chi connectivity index (χ0n) is 28.8. The lowest BCUT2D eigenvalue weighted by molar-refractivity contribution is 0.0991. The molecule has 7 aromatic carbocycles. The van der Waals surface area contributed by atoms with Gasteiger partial charge in [0.1, 0.15) is 0 Å². The van der Waals surface area contributed by atoms with Gasteiger partial charge in [0, 0.05) is 44.5 Å². The molecule has 0 amide bonds. The van der Waals surface area contributed by atoms with Gasteiger partial charge in [-0.25, -0.2) is 0 Å². The summed E-state index contributed by atoms with van der Waals surface area (Å²) in [5.41, 5.74) is 8.45. The van der Waals surface area contributed by atoms with E-state index in [0.717, 1.165) is 33.4 Å². The van der Waals surface area contributed by atoms with Crippen LogP contribution in [0.25, 0.3) is 33.4 Å². The molecule has 3 nitrogen and oxygen atoms in total. The Bertz CT molecular complexity index is 2300. The van der Waals surface area contributed by atoms with Crippen LogP contribution in [-0.2, 0) is 0 Å². The molecule has 0 spiro atoms. The highest BCUT2D eigenvalue weighted by atomic mass is 16.1. The smallest absolute Gasteiger partial charge is 0.194 e. The van der Waals surface area contributed by atoms with Crippen LogP contribution in [0.5, 0.6) is 0 Å². The molecule has 0 atom stereocenters. The van der Waals surface area contributed by atoms with E-state index in [1.54, 1.807) is 18.2 Å². The number of benzene rings is 7. The molecule has 0 aliphatic carbocycles. The molecule has 0 fully saturated rings. The van der Waals surface area contributed by atoms with Gasteiger partial charge in [0.05, 0.1) is 0 Å². The van der Waals surface area contributed by atoms with E-state index in [1.807, 2.05) is 166 Å². The standard InChI is InChI=1S/C48H36O3/c1-31-19-13-16-28-37(31)46(49)43-41(35-24-9-5-10-25-35)40(34-22-7-4-8-23-34)42(36-26-11-6-12-27-36)44(47(50)38-29-17-14-20-32(38)2)45(43)48(51)39-30-18-15-21-33(39)3/h4-30H,1-3H3. The van der Waals surface area contributed by atoms with Gasteiger partial charge in [-0.3, -0.25) is 14.4 Å². The van der Waals surface area contributed by atoms with Crippen LogP contribution in [0, 0.1) is 20.8 Å². The maximum absolute atomic E-state index is 15.5. The number of carbonyl (C=O) groups excluding carboxylic acids is 3. The molecule has 7 rings (SSSR count). The third-order valence-electron chi connectivity index (χ3n) is 9.54. The molecule has 0 N–H and O–H groups in total. The fourth-order valence-electron chi connectivity index (χ4n) is 7.00. The molecule has 0 bridgehead atoms. The molecule has 7 aromatic rings. The van der Waals surface area contributed by atoms with E-state index in [2.05, 4.69) is 0 Å². The fraction of sp³-hybridized carbons (Fsp3) is 0.0625. The first-order chi connectivity index (χ1) is 24.9. The number of aryl methyl sites for hydroxylation is 3. The fourth-order valence-corrected chi connectivity index (χ4v) is 7.00. The summed E-state index contributed by atoms with van der Waals surface area (Å²) in [5, 5.41) is 0. The van der Waals surface area contributed by atoms with Gasteiger partial charge in [-0.1, -0.05) is 164 Å². The lowest BCUT2D eigenvalue weighted by Crippen LogP contribution is -2.22. The Morgan fingerprint density at radius 1 is 0.294 bits per heavy atom. The van der Waals surface area contributed by atoms with Crippen molar-refractivity contribution < 1.29 is 14.4 Å². The van der Waals surface area contributed by atoms with E-state index in [9.17, 15) is 0 Å². The van der Waals surface area contributed by atoms with E-state index in [-0.39, 0.29) is 34.0 Å². The van der Waals surface area contributed by atoms with E-state index < -0.39 is 0 Å². The first-order valence-electron chi connectivity index (χ1n) is 17.1. The maximum Gasteiger partial charge on any atom is 0.194 e. The minimum absolute atomic E-state index is 0.100. The summed E-state index contributed by atoms with van der Waals surface area (Å²) in [4.78, 5) is 46.4. The molecule has 0 aliphatic heterocycles. The highest BCUT2D eigenvalue weighted by molar-refractivity contribution is 6.31. The van der Waals surface area contributed by atoms with Crippen molar-refractivity contribution in [2.75, 3.05) is 0 Å². The Labute approximate surface area is 298 Å². The van der Waals surface area contributed by atoms with Gasteiger partial charge in [-0.15, -0.1) is 0 Å². The quantitative estimate of drug-likeness (QED) is 0.145. The molecular formula is C48H36O3. The number of hydrogen-bond donors (Lipinski definition) is 0. The highest BCUT2D eigenvalue weighted by Gasteiger charge is 2.36. The highest BCUT2D eigenvalue weighted by Crippen LogP contribution is 2.48. The van der Waals surface area contributed by atoms with Gasteiger partial charge < -0.3 is 0 Å². The zero-order chi connectivity index (χ0) is 35.5. The number of carbonyl (C=O) groups is 3. The summed E-state index contributed by atoms with van der Waals surface area (Å²) in [6.07, 6.45) is 0. The largest absolute Gasteiger partial charge is 0.289 e. The van der Waals surface area contributed by atoms with Gasteiger partial charge in [0.15, 0.2) is 17.3 Å². The Hall–Kier alpha value is -6.45. The van der Waals surface area contributed by atoms with E-state index in [4.69, 9.17) is 0 Å². The van der Waals surface area contributed by atoms with Gasteiger partial charge in [0.25, 0.3) is 0 Å². The minimum atomic E-state index is -0.379. The van der Waals surface area contributed by atoms with Crippen LogP contribution in [0.2, 0.25) is 0 Å². The normalized spacial score (nSPS) is 10.9. The third-order valence-corrected chi connectivity index (χ3v) is 9.54. The van der Waals surface area contributed by atoms with Gasteiger partial charge in [-0.2, -0.15) is 0 Å². The molecule has 51 heavy (non-hydrogen) atoms. The van der Waals surface area contributed by atoms with Gasteiger partial charge in [-0.05, 0) is 59.7 Å². The molecule has 0 heterocycles. The molecule has 0 aliphatic rings. The molecule has 246 valence electrons. The number of rotatable bonds is 9. The topological polar surface area (TPSA) is 51.2 Å². The maximum atomic E-state index is 15.5. The zero-order valence-corrected chi connectivity index (χ0v) is 28.8. The molecular weight excluding hydrogens is 625 g/mol. The molecule has 0 radical (unpaired) electrons. The summed E-state index contributed by atoms with van der Waals surface area (Å²) in [6, 6.07) is 51.5. The van der Waals surface area contributed by atoms with Crippen molar-refractivity contribution in [3.63, 3.8) is 0 Å². The van der Waals surface area contributed by atoms with Crippen LogP contribution in [0.1, 0.15) is 64.5 Å². The lowest BCUT2D eigenvalue weighted by atomic mass is 9.73. The Morgan fingerprint density at radius 2 is 0.549 bits per heavy atom. The van der Waals surface area contributed by atoms with Crippen molar-refractivity contribution in [2.45, 2.75) is 20.8 Å². The summed E-state index contributed by atoms with van der Waals surface area (Å²) in [6.45, 7) is 5.68. The predicted molar refractivity (Wildman–Crippen MR) is 207 cm³/mol. The second kappa shape index (κ2) is 14.2. The molecule has 3 heteroatoms.